The second kappa shape index (κ2) is 4.31. The maximum absolute atomic E-state index is 5.89. The Kier molecular flexibility index (Phi) is 2.94. The van der Waals surface area contributed by atoms with Crippen LogP contribution in [-0.4, -0.2) is 10.9 Å². The molecule has 0 aliphatic heterocycles. The van der Waals surface area contributed by atoms with Crippen LogP contribution in [0.25, 0.3) is 0 Å². The topological polar surface area (TPSA) is 9.23 Å². The van der Waals surface area contributed by atoms with Crippen molar-refractivity contribution in [3.63, 3.8) is 0 Å². The quantitative estimate of drug-likeness (QED) is 0.749. The van der Waals surface area contributed by atoms with E-state index in [0.29, 0.717) is 16.3 Å². The van der Waals surface area contributed by atoms with Crippen LogP contribution >= 0.6 is 15.9 Å². The molecule has 1 aromatic carbocycles. The minimum atomic E-state index is 0.330. The number of alkyl halides is 1. The van der Waals surface area contributed by atoms with Crippen molar-refractivity contribution in [1.82, 2.24) is 0 Å². The first-order valence-corrected chi connectivity index (χ1v) is 7.49. The van der Waals surface area contributed by atoms with E-state index < -0.39 is 0 Å². The molecule has 92 valence electrons. The Morgan fingerprint density at radius 2 is 2.12 bits per heavy atom. The van der Waals surface area contributed by atoms with E-state index in [4.69, 9.17) is 4.74 Å². The second-order valence-electron chi connectivity index (χ2n) is 5.75. The Morgan fingerprint density at radius 3 is 2.76 bits per heavy atom. The van der Waals surface area contributed by atoms with Crippen molar-refractivity contribution in [3.8, 4) is 5.75 Å². The standard InChI is InChI=1S/C15H19BrO/c1-15(8-7-12(16)10-15)11-3-2-4-14(9-11)17-13-5-6-13/h2-4,9,12-13H,5-8,10H2,1H3. The van der Waals surface area contributed by atoms with E-state index in [9.17, 15) is 0 Å². The predicted octanol–water partition coefficient (Wildman–Crippen LogP) is 4.43. The van der Waals surface area contributed by atoms with Gasteiger partial charge in [0.1, 0.15) is 5.75 Å². The second-order valence-corrected chi connectivity index (χ2v) is 7.04. The van der Waals surface area contributed by atoms with Crippen molar-refractivity contribution >= 4 is 15.9 Å². The molecular weight excluding hydrogens is 276 g/mol. The van der Waals surface area contributed by atoms with E-state index in [0.717, 1.165) is 5.75 Å². The highest BCUT2D eigenvalue weighted by Gasteiger charge is 2.35. The van der Waals surface area contributed by atoms with Gasteiger partial charge in [0.05, 0.1) is 6.10 Å². The number of ether oxygens (including phenoxy) is 1. The number of rotatable bonds is 3. The maximum Gasteiger partial charge on any atom is 0.120 e. The summed E-state index contributed by atoms with van der Waals surface area (Å²) in [5.41, 5.74) is 1.77. The van der Waals surface area contributed by atoms with Crippen LogP contribution in [0, 0.1) is 0 Å². The molecule has 0 radical (unpaired) electrons. The molecular formula is C15H19BrO. The van der Waals surface area contributed by atoms with E-state index >= 15 is 0 Å². The van der Waals surface area contributed by atoms with Gasteiger partial charge in [0, 0.05) is 4.83 Å². The fourth-order valence-corrected chi connectivity index (χ4v) is 3.70. The summed E-state index contributed by atoms with van der Waals surface area (Å²) >= 11 is 3.75. The van der Waals surface area contributed by atoms with Crippen molar-refractivity contribution in [2.45, 2.75) is 55.4 Å². The van der Waals surface area contributed by atoms with Crippen LogP contribution in [0.5, 0.6) is 5.75 Å². The van der Waals surface area contributed by atoms with E-state index in [1.54, 1.807) is 0 Å². The van der Waals surface area contributed by atoms with E-state index in [2.05, 4.69) is 47.1 Å². The van der Waals surface area contributed by atoms with Crippen LogP contribution in [0.2, 0.25) is 0 Å². The van der Waals surface area contributed by atoms with Crippen LogP contribution in [0.15, 0.2) is 24.3 Å². The van der Waals surface area contributed by atoms with Gasteiger partial charge in [0.25, 0.3) is 0 Å². The highest BCUT2D eigenvalue weighted by Crippen LogP contribution is 2.44. The molecule has 0 bridgehead atoms. The summed E-state index contributed by atoms with van der Waals surface area (Å²) in [7, 11) is 0. The van der Waals surface area contributed by atoms with E-state index in [-0.39, 0.29) is 0 Å². The zero-order valence-electron chi connectivity index (χ0n) is 10.3. The summed E-state index contributed by atoms with van der Waals surface area (Å²) in [4.78, 5) is 0.681. The minimum absolute atomic E-state index is 0.330. The van der Waals surface area contributed by atoms with Gasteiger partial charge >= 0.3 is 0 Å². The van der Waals surface area contributed by atoms with Crippen LogP contribution in [0.3, 0.4) is 0 Å². The summed E-state index contributed by atoms with van der Waals surface area (Å²) in [6.07, 6.45) is 6.74. The third-order valence-electron chi connectivity index (χ3n) is 4.04. The summed E-state index contributed by atoms with van der Waals surface area (Å²) < 4.78 is 5.89. The molecule has 2 aliphatic carbocycles. The number of hydrogen-bond acceptors (Lipinski definition) is 1. The van der Waals surface area contributed by atoms with Crippen LogP contribution < -0.4 is 4.74 Å². The lowest BCUT2D eigenvalue weighted by atomic mass is 9.81. The summed E-state index contributed by atoms with van der Waals surface area (Å²) in [6, 6.07) is 8.74. The van der Waals surface area contributed by atoms with Gasteiger partial charge in [-0.1, -0.05) is 35.0 Å². The summed E-state index contributed by atoms with van der Waals surface area (Å²) in [5.74, 6) is 1.06. The molecule has 0 amide bonds. The molecule has 0 aromatic heterocycles. The molecule has 0 saturated heterocycles. The highest BCUT2D eigenvalue weighted by molar-refractivity contribution is 9.09. The molecule has 2 unspecified atom stereocenters. The van der Waals surface area contributed by atoms with Crippen molar-refractivity contribution in [3.05, 3.63) is 29.8 Å². The molecule has 17 heavy (non-hydrogen) atoms. The van der Waals surface area contributed by atoms with Gasteiger partial charge in [-0.2, -0.15) is 0 Å². The number of benzene rings is 1. The van der Waals surface area contributed by atoms with Crippen molar-refractivity contribution in [1.29, 1.82) is 0 Å². The van der Waals surface area contributed by atoms with Crippen LogP contribution in [-0.2, 0) is 5.41 Å². The summed E-state index contributed by atoms with van der Waals surface area (Å²) in [5, 5.41) is 0. The van der Waals surface area contributed by atoms with Crippen molar-refractivity contribution in [2.24, 2.45) is 0 Å². The average molecular weight is 295 g/mol. The summed E-state index contributed by atoms with van der Waals surface area (Å²) in [6.45, 7) is 2.38. The first-order chi connectivity index (χ1) is 8.16. The minimum Gasteiger partial charge on any atom is -0.490 e. The fourth-order valence-electron chi connectivity index (χ4n) is 2.75. The van der Waals surface area contributed by atoms with Crippen LogP contribution in [0.1, 0.15) is 44.6 Å². The van der Waals surface area contributed by atoms with Crippen LogP contribution in [0.4, 0.5) is 0 Å². The molecule has 3 rings (SSSR count). The molecule has 1 aromatic rings. The largest absolute Gasteiger partial charge is 0.490 e. The van der Waals surface area contributed by atoms with Gasteiger partial charge in [0.2, 0.25) is 0 Å². The zero-order valence-corrected chi connectivity index (χ0v) is 11.9. The predicted molar refractivity (Wildman–Crippen MR) is 74.0 cm³/mol. The Balaban J connectivity index is 1.81. The zero-order chi connectivity index (χ0) is 11.9. The normalized spacial score (nSPS) is 32.7. The fraction of sp³-hybridized carbons (Fsp3) is 0.600. The third-order valence-corrected chi connectivity index (χ3v) is 4.82. The Hall–Kier alpha value is -0.500. The molecule has 2 aliphatic rings. The number of hydrogen-bond donors (Lipinski definition) is 0. The molecule has 2 saturated carbocycles. The van der Waals surface area contributed by atoms with Gasteiger partial charge < -0.3 is 4.74 Å². The highest BCUT2D eigenvalue weighted by atomic mass is 79.9. The Morgan fingerprint density at radius 1 is 1.29 bits per heavy atom. The van der Waals surface area contributed by atoms with E-state index in [1.807, 2.05) is 0 Å². The first kappa shape index (κ1) is 11.6. The monoisotopic (exact) mass is 294 g/mol. The molecule has 0 heterocycles. The molecule has 0 N–H and O–H groups in total. The van der Waals surface area contributed by atoms with Gasteiger partial charge in [-0.3, -0.25) is 0 Å². The molecule has 2 atom stereocenters. The maximum atomic E-state index is 5.89. The molecule has 1 nitrogen and oxygen atoms in total. The molecule has 2 heteroatoms. The van der Waals surface area contributed by atoms with Gasteiger partial charge in [-0.05, 0) is 55.2 Å². The average Bonchev–Trinajstić information content (AvgIpc) is 3.04. The Labute approximate surface area is 112 Å². The van der Waals surface area contributed by atoms with Gasteiger partial charge in [-0.15, -0.1) is 0 Å². The number of halogens is 1. The van der Waals surface area contributed by atoms with E-state index in [1.165, 1.54) is 37.7 Å². The SMILES string of the molecule is CC1(c2cccc(OC3CC3)c2)CCC(Br)C1. The molecule has 2 fully saturated rings. The first-order valence-electron chi connectivity index (χ1n) is 6.57. The smallest absolute Gasteiger partial charge is 0.120 e. The lowest BCUT2D eigenvalue weighted by Crippen LogP contribution is -2.17. The Bertz CT molecular complexity index is 413. The van der Waals surface area contributed by atoms with Gasteiger partial charge in [0.15, 0.2) is 0 Å². The van der Waals surface area contributed by atoms with Gasteiger partial charge in [-0.25, -0.2) is 0 Å². The lowest BCUT2D eigenvalue weighted by molar-refractivity contribution is 0.302. The lowest BCUT2D eigenvalue weighted by Gasteiger charge is -2.25. The van der Waals surface area contributed by atoms with Crippen molar-refractivity contribution in [2.75, 3.05) is 0 Å². The van der Waals surface area contributed by atoms with Crippen molar-refractivity contribution < 1.29 is 4.74 Å². The third kappa shape index (κ3) is 2.52. The molecule has 0 spiro atoms.